The molecule has 0 radical (unpaired) electrons. The second-order valence-corrected chi connectivity index (χ2v) is 3.29. The van der Waals surface area contributed by atoms with Gasteiger partial charge in [-0.15, -0.1) is 0 Å². The van der Waals surface area contributed by atoms with Crippen molar-refractivity contribution in [2.24, 2.45) is 4.99 Å². The number of nitrogens with zero attached hydrogens (tertiary/aromatic N) is 2. The molecule has 0 fully saturated rings. The minimum Gasteiger partial charge on any atom is -0.473 e. The normalized spacial score (nSPS) is 22.8. The van der Waals surface area contributed by atoms with Crippen LogP contribution < -0.4 is 0 Å². The molecule has 0 saturated heterocycles. The average molecular weight is 220 g/mol. The van der Waals surface area contributed by atoms with Crippen molar-refractivity contribution in [1.29, 1.82) is 0 Å². The molecule has 2 heterocycles. The van der Waals surface area contributed by atoms with Crippen LogP contribution in [0, 0.1) is 0 Å². The van der Waals surface area contributed by atoms with E-state index in [4.69, 9.17) is 9.47 Å². The van der Waals surface area contributed by atoms with Crippen LogP contribution in [0.5, 0.6) is 0 Å². The van der Waals surface area contributed by atoms with Gasteiger partial charge >= 0.3 is 5.97 Å². The highest BCUT2D eigenvalue weighted by molar-refractivity contribution is 5.80. The summed E-state index contributed by atoms with van der Waals surface area (Å²) in [5.41, 5.74) is 0.818. The summed E-state index contributed by atoms with van der Waals surface area (Å²) in [6.45, 7) is 2.10. The molecule has 0 amide bonds. The standard InChI is InChI=1S/C11H12N2O3/c1-2-15-11(14)9-10(16-7-13-9)8-4-3-5-12-6-8/h3-7,9-10H,2H2,1H3. The molecule has 16 heavy (non-hydrogen) atoms. The van der Waals surface area contributed by atoms with Gasteiger partial charge in [0.25, 0.3) is 0 Å². The second-order valence-electron chi connectivity index (χ2n) is 3.29. The van der Waals surface area contributed by atoms with Crippen LogP contribution in [0.1, 0.15) is 18.6 Å². The number of carbonyl (C=O) groups excluding carboxylic acids is 1. The molecule has 5 nitrogen and oxygen atoms in total. The summed E-state index contributed by atoms with van der Waals surface area (Å²) >= 11 is 0. The Morgan fingerprint density at radius 3 is 3.19 bits per heavy atom. The molecule has 2 atom stereocenters. The number of aromatic nitrogens is 1. The summed E-state index contributed by atoms with van der Waals surface area (Å²) in [6, 6.07) is 3.02. The number of hydrogen-bond donors (Lipinski definition) is 0. The lowest BCUT2D eigenvalue weighted by Gasteiger charge is -2.15. The number of hydrogen-bond acceptors (Lipinski definition) is 5. The Kier molecular flexibility index (Phi) is 3.14. The highest BCUT2D eigenvalue weighted by atomic mass is 16.5. The number of aliphatic imine (C=N–C) groups is 1. The Balaban J connectivity index is 2.14. The number of rotatable bonds is 3. The molecule has 1 aliphatic rings. The predicted octanol–water partition coefficient (Wildman–Crippen LogP) is 1.11. The van der Waals surface area contributed by atoms with E-state index in [1.165, 1.54) is 6.40 Å². The fourth-order valence-electron chi connectivity index (χ4n) is 1.54. The lowest BCUT2D eigenvalue weighted by atomic mass is 10.1. The van der Waals surface area contributed by atoms with Gasteiger partial charge in [0.05, 0.1) is 6.61 Å². The zero-order chi connectivity index (χ0) is 11.4. The SMILES string of the molecule is CCOC(=O)C1N=COC1c1cccnc1. The predicted molar refractivity (Wildman–Crippen MR) is 57.0 cm³/mol. The first kappa shape index (κ1) is 10.6. The van der Waals surface area contributed by atoms with Gasteiger partial charge in [-0.25, -0.2) is 9.79 Å². The van der Waals surface area contributed by atoms with Crippen LogP contribution in [-0.2, 0) is 14.3 Å². The number of esters is 1. The van der Waals surface area contributed by atoms with E-state index in [1.54, 1.807) is 25.4 Å². The Morgan fingerprint density at radius 1 is 1.62 bits per heavy atom. The molecule has 1 aliphatic heterocycles. The molecule has 2 rings (SSSR count). The van der Waals surface area contributed by atoms with Gasteiger partial charge in [-0.05, 0) is 13.0 Å². The van der Waals surface area contributed by atoms with Crippen LogP contribution in [0.25, 0.3) is 0 Å². The third-order valence-electron chi connectivity index (χ3n) is 2.26. The van der Waals surface area contributed by atoms with Crippen molar-refractivity contribution in [2.75, 3.05) is 6.61 Å². The van der Waals surface area contributed by atoms with Gasteiger partial charge in [0.2, 0.25) is 0 Å². The summed E-state index contributed by atoms with van der Waals surface area (Å²) in [4.78, 5) is 19.5. The Morgan fingerprint density at radius 2 is 2.50 bits per heavy atom. The lowest BCUT2D eigenvalue weighted by molar-refractivity contribution is -0.146. The topological polar surface area (TPSA) is 60.8 Å². The highest BCUT2D eigenvalue weighted by Gasteiger charge is 2.35. The van der Waals surface area contributed by atoms with Crippen molar-refractivity contribution < 1.29 is 14.3 Å². The Labute approximate surface area is 93.1 Å². The molecule has 1 aromatic rings. The van der Waals surface area contributed by atoms with Crippen LogP contribution in [0.15, 0.2) is 29.5 Å². The van der Waals surface area contributed by atoms with Crippen LogP contribution in [-0.4, -0.2) is 30.0 Å². The fourth-order valence-corrected chi connectivity index (χ4v) is 1.54. The smallest absolute Gasteiger partial charge is 0.335 e. The van der Waals surface area contributed by atoms with E-state index in [-0.39, 0.29) is 5.97 Å². The van der Waals surface area contributed by atoms with Crippen LogP contribution in [0.3, 0.4) is 0 Å². The van der Waals surface area contributed by atoms with Gasteiger partial charge in [0.1, 0.15) is 0 Å². The largest absolute Gasteiger partial charge is 0.473 e. The average Bonchev–Trinajstić information content (AvgIpc) is 2.79. The van der Waals surface area contributed by atoms with Crippen molar-refractivity contribution in [1.82, 2.24) is 4.98 Å². The lowest BCUT2D eigenvalue weighted by Crippen LogP contribution is -2.26. The zero-order valence-corrected chi connectivity index (χ0v) is 8.87. The van der Waals surface area contributed by atoms with Crippen LogP contribution >= 0.6 is 0 Å². The minimum atomic E-state index is -0.621. The first-order chi connectivity index (χ1) is 7.83. The summed E-state index contributed by atoms with van der Waals surface area (Å²) in [5.74, 6) is -0.370. The van der Waals surface area contributed by atoms with E-state index < -0.39 is 12.1 Å². The molecule has 0 saturated carbocycles. The van der Waals surface area contributed by atoms with Crippen molar-refractivity contribution in [2.45, 2.75) is 19.1 Å². The molecule has 0 N–H and O–H groups in total. The highest BCUT2D eigenvalue weighted by Crippen LogP contribution is 2.26. The van der Waals surface area contributed by atoms with E-state index in [1.807, 2.05) is 6.07 Å². The maximum Gasteiger partial charge on any atom is 0.335 e. The quantitative estimate of drug-likeness (QED) is 0.716. The summed E-state index contributed by atoms with van der Waals surface area (Å²) < 4.78 is 10.2. The first-order valence-corrected chi connectivity index (χ1v) is 5.06. The molecule has 0 aromatic carbocycles. The molecule has 0 aliphatic carbocycles. The van der Waals surface area contributed by atoms with Gasteiger partial charge in [0.15, 0.2) is 18.5 Å². The molecule has 84 valence electrons. The Bertz CT molecular complexity index is 391. The zero-order valence-electron chi connectivity index (χ0n) is 8.87. The van der Waals surface area contributed by atoms with Crippen molar-refractivity contribution >= 4 is 12.4 Å². The summed E-state index contributed by atoms with van der Waals surface area (Å²) in [7, 11) is 0. The number of carbonyl (C=O) groups is 1. The third kappa shape index (κ3) is 2.03. The van der Waals surface area contributed by atoms with Gasteiger partial charge in [0, 0.05) is 18.0 Å². The monoisotopic (exact) mass is 220 g/mol. The van der Waals surface area contributed by atoms with E-state index in [0.29, 0.717) is 6.61 Å². The van der Waals surface area contributed by atoms with Crippen molar-refractivity contribution in [3.8, 4) is 0 Å². The van der Waals surface area contributed by atoms with Crippen molar-refractivity contribution in [3.05, 3.63) is 30.1 Å². The van der Waals surface area contributed by atoms with Crippen LogP contribution in [0.4, 0.5) is 0 Å². The third-order valence-corrected chi connectivity index (χ3v) is 2.26. The number of ether oxygens (including phenoxy) is 2. The Hall–Kier alpha value is -1.91. The minimum absolute atomic E-state index is 0.338. The first-order valence-electron chi connectivity index (χ1n) is 5.06. The maximum absolute atomic E-state index is 11.6. The van der Waals surface area contributed by atoms with Gasteiger partial charge < -0.3 is 9.47 Å². The van der Waals surface area contributed by atoms with Gasteiger partial charge in [-0.2, -0.15) is 0 Å². The molecular formula is C11H12N2O3. The number of pyridine rings is 1. The van der Waals surface area contributed by atoms with E-state index in [0.717, 1.165) is 5.56 Å². The molecule has 2 unspecified atom stereocenters. The summed E-state index contributed by atoms with van der Waals surface area (Å²) in [5, 5.41) is 0. The van der Waals surface area contributed by atoms with E-state index in [2.05, 4.69) is 9.98 Å². The molecule has 0 spiro atoms. The van der Waals surface area contributed by atoms with Crippen molar-refractivity contribution in [3.63, 3.8) is 0 Å². The fraction of sp³-hybridized carbons (Fsp3) is 0.364. The van der Waals surface area contributed by atoms with Gasteiger partial charge in [-0.3, -0.25) is 4.98 Å². The molecule has 5 heteroatoms. The molecule has 0 bridgehead atoms. The van der Waals surface area contributed by atoms with E-state index in [9.17, 15) is 4.79 Å². The molecular weight excluding hydrogens is 208 g/mol. The van der Waals surface area contributed by atoms with Crippen LogP contribution in [0.2, 0.25) is 0 Å². The molecule has 1 aromatic heterocycles. The van der Waals surface area contributed by atoms with Gasteiger partial charge in [-0.1, -0.05) is 6.07 Å². The maximum atomic E-state index is 11.6. The second kappa shape index (κ2) is 4.74. The van der Waals surface area contributed by atoms with E-state index >= 15 is 0 Å². The summed E-state index contributed by atoms with van der Waals surface area (Å²) in [6.07, 6.45) is 4.19.